The molecule has 0 bridgehead atoms. The molecule has 0 aliphatic carbocycles. The summed E-state index contributed by atoms with van der Waals surface area (Å²) >= 11 is 6.77. The quantitative estimate of drug-likeness (QED) is 0.848. The van der Waals surface area contributed by atoms with Crippen molar-refractivity contribution in [3.63, 3.8) is 0 Å². The molecule has 0 fully saturated rings. The second-order valence-electron chi connectivity index (χ2n) is 3.31. The Morgan fingerprint density at radius 2 is 2.35 bits per heavy atom. The van der Waals surface area contributed by atoms with Crippen LogP contribution in [0.3, 0.4) is 0 Å². The van der Waals surface area contributed by atoms with Crippen LogP contribution in [0.5, 0.6) is 5.75 Å². The van der Waals surface area contributed by atoms with Crippen molar-refractivity contribution in [2.45, 2.75) is 6.54 Å². The first-order valence-corrected chi connectivity index (χ1v) is 6.32. The van der Waals surface area contributed by atoms with Crippen molar-refractivity contribution in [2.75, 3.05) is 20.8 Å². The summed E-state index contributed by atoms with van der Waals surface area (Å²) in [6.45, 7) is 1.26. The van der Waals surface area contributed by atoms with Gasteiger partial charge in [0.2, 0.25) is 0 Å². The zero-order chi connectivity index (χ0) is 12.3. The number of nitrogens with zero attached hydrogens (tertiary/aromatic N) is 2. The summed E-state index contributed by atoms with van der Waals surface area (Å²) in [5.74, 6) is 1.60. The Morgan fingerprint density at radius 3 is 3.06 bits per heavy atom. The zero-order valence-electron chi connectivity index (χ0n) is 9.60. The van der Waals surface area contributed by atoms with E-state index in [1.807, 2.05) is 16.0 Å². The monoisotopic (exact) mass is 271 g/mol. The van der Waals surface area contributed by atoms with Gasteiger partial charge >= 0.3 is 0 Å². The third-order valence-electron chi connectivity index (χ3n) is 2.33. The molecular weight excluding hydrogens is 258 g/mol. The van der Waals surface area contributed by atoms with Crippen molar-refractivity contribution < 1.29 is 9.47 Å². The van der Waals surface area contributed by atoms with Crippen LogP contribution in [0.25, 0.3) is 10.7 Å². The van der Waals surface area contributed by atoms with Gasteiger partial charge in [-0.1, -0.05) is 0 Å². The summed E-state index contributed by atoms with van der Waals surface area (Å²) in [6.07, 6.45) is 0. The Labute approximate surface area is 108 Å². The molecule has 2 rings (SSSR count). The number of methoxy groups -OCH3 is 2. The SMILES string of the molecule is COCCn1c(-c2sccc2OC)n[nH]c1=S. The summed E-state index contributed by atoms with van der Waals surface area (Å²) in [7, 11) is 3.31. The largest absolute Gasteiger partial charge is 0.495 e. The van der Waals surface area contributed by atoms with E-state index in [1.54, 1.807) is 25.6 Å². The van der Waals surface area contributed by atoms with Gasteiger partial charge in [-0.15, -0.1) is 11.3 Å². The van der Waals surface area contributed by atoms with E-state index >= 15 is 0 Å². The fourth-order valence-electron chi connectivity index (χ4n) is 1.50. The molecule has 0 unspecified atom stereocenters. The molecule has 0 amide bonds. The maximum absolute atomic E-state index is 5.29. The third kappa shape index (κ3) is 2.41. The molecule has 2 heterocycles. The van der Waals surface area contributed by atoms with Gasteiger partial charge in [0.25, 0.3) is 0 Å². The van der Waals surface area contributed by atoms with Crippen molar-refractivity contribution in [3.8, 4) is 16.5 Å². The van der Waals surface area contributed by atoms with Crippen LogP contribution in [0.15, 0.2) is 11.4 Å². The van der Waals surface area contributed by atoms with E-state index in [0.717, 1.165) is 16.5 Å². The van der Waals surface area contributed by atoms with Crippen molar-refractivity contribution in [1.82, 2.24) is 14.8 Å². The molecule has 0 aliphatic heterocycles. The summed E-state index contributed by atoms with van der Waals surface area (Å²) in [5.41, 5.74) is 0. The van der Waals surface area contributed by atoms with Gasteiger partial charge < -0.3 is 9.47 Å². The number of H-pyrrole nitrogens is 1. The summed E-state index contributed by atoms with van der Waals surface area (Å²) in [6, 6.07) is 1.92. The zero-order valence-corrected chi connectivity index (χ0v) is 11.2. The van der Waals surface area contributed by atoms with Crippen LogP contribution in [0, 0.1) is 4.77 Å². The molecule has 0 saturated carbocycles. The van der Waals surface area contributed by atoms with Gasteiger partial charge in [0.1, 0.15) is 10.6 Å². The number of hydrogen-bond acceptors (Lipinski definition) is 5. The van der Waals surface area contributed by atoms with E-state index in [-0.39, 0.29) is 0 Å². The number of hydrogen-bond donors (Lipinski definition) is 1. The van der Waals surface area contributed by atoms with Gasteiger partial charge in [-0.3, -0.25) is 9.67 Å². The minimum atomic E-state index is 0.590. The van der Waals surface area contributed by atoms with Crippen LogP contribution in [0.2, 0.25) is 0 Å². The molecule has 0 atom stereocenters. The first kappa shape index (κ1) is 12.3. The van der Waals surface area contributed by atoms with Crippen molar-refractivity contribution in [2.24, 2.45) is 0 Å². The van der Waals surface area contributed by atoms with Crippen LogP contribution in [-0.4, -0.2) is 35.6 Å². The topological polar surface area (TPSA) is 52.1 Å². The minimum absolute atomic E-state index is 0.590. The van der Waals surface area contributed by atoms with Gasteiger partial charge in [0.05, 0.1) is 20.3 Å². The van der Waals surface area contributed by atoms with E-state index < -0.39 is 0 Å². The third-order valence-corrected chi connectivity index (χ3v) is 3.53. The molecular formula is C10H13N3O2S2. The lowest BCUT2D eigenvalue weighted by atomic mass is 10.4. The van der Waals surface area contributed by atoms with Crippen LogP contribution in [0.4, 0.5) is 0 Å². The van der Waals surface area contributed by atoms with Gasteiger partial charge in [-0.25, -0.2) is 0 Å². The average Bonchev–Trinajstić information content (AvgIpc) is 2.92. The maximum atomic E-state index is 5.29. The molecule has 92 valence electrons. The van der Waals surface area contributed by atoms with Gasteiger partial charge in [0, 0.05) is 7.11 Å². The lowest BCUT2D eigenvalue weighted by Crippen LogP contribution is -2.06. The number of nitrogens with one attached hydrogen (secondary N) is 1. The lowest BCUT2D eigenvalue weighted by molar-refractivity contribution is 0.187. The van der Waals surface area contributed by atoms with Gasteiger partial charge in [0.15, 0.2) is 10.6 Å². The molecule has 17 heavy (non-hydrogen) atoms. The minimum Gasteiger partial charge on any atom is -0.495 e. The maximum Gasteiger partial charge on any atom is 0.195 e. The fourth-order valence-corrected chi connectivity index (χ4v) is 2.58. The molecule has 2 aromatic heterocycles. The predicted octanol–water partition coefficient (Wildman–Crippen LogP) is 2.32. The smallest absolute Gasteiger partial charge is 0.195 e. The first-order valence-electron chi connectivity index (χ1n) is 5.04. The highest BCUT2D eigenvalue weighted by molar-refractivity contribution is 7.71. The van der Waals surface area contributed by atoms with E-state index in [4.69, 9.17) is 21.7 Å². The molecule has 0 aromatic carbocycles. The number of thiophene rings is 1. The molecule has 0 aliphatic rings. The van der Waals surface area contributed by atoms with E-state index in [9.17, 15) is 0 Å². The standard InChI is InChI=1S/C10H13N3O2S2/c1-14-5-4-13-9(11-12-10(13)16)8-7(15-2)3-6-17-8/h3,6H,4-5H2,1-2H3,(H,12,16). The van der Waals surface area contributed by atoms with Crippen molar-refractivity contribution >= 4 is 23.6 Å². The number of ether oxygens (including phenoxy) is 2. The number of rotatable bonds is 5. The van der Waals surface area contributed by atoms with Crippen molar-refractivity contribution in [3.05, 3.63) is 16.2 Å². The van der Waals surface area contributed by atoms with Gasteiger partial charge in [-0.05, 0) is 23.7 Å². The Balaban J connectivity index is 2.42. The molecule has 0 spiro atoms. The Morgan fingerprint density at radius 1 is 1.53 bits per heavy atom. The van der Waals surface area contributed by atoms with Crippen LogP contribution < -0.4 is 4.74 Å². The highest BCUT2D eigenvalue weighted by Gasteiger charge is 2.14. The Hall–Kier alpha value is -1.18. The van der Waals surface area contributed by atoms with Crippen LogP contribution in [-0.2, 0) is 11.3 Å². The molecule has 2 aromatic rings. The van der Waals surface area contributed by atoms with E-state index in [0.29, 0.717) is 17.9 Å². The molecule has 0 radical (unpaired) electrons. The second-order valence-corrected chi connectivity index (χ2v) is 4.62. The summed E-state index contributed by atoms with van der Waals surface area (Å²) in [5, 5.41) is 9.00. The normalized spacial score (nSPS) is 10.7. The number of aromatic amines is 1. The Kier molecular flexibility index (Phi) is 3.93. The van der Waals surface area contributed by atoms with E-state index in [1.165, 1.54) is 0 Å². The average molecular weight is 271 g/mol. The summed E-state index contributed by atoms with van der Waals surface area (Å²) in [4.78, 5) is 0.968. The Bertz CT molecular complexity index is 544. The predicted molar refractivity (Wildman–Crippen MR) is 69.2 cm³/mol. The highest BCUT2D eigenvalue weighted by atomic mass is 32.1. The van der Waals surface area contributed by atoms with Crippen LogP contribution >= 0.6 is 23.6 Å². The van der Waals surface area contributed by atoms with E-state index in [2.05, 4.69) is 10.2 Å². The van der Waals surface area contributed by atoms with Gasteiger partial charge in [-0.2, -0.15) is 5.10 Å². The molecule has 5 nitrogen and oxygen atoms in total. The first-order chi connectivity index (χ1) is 8.27. The molecule has 7 heteroatoms. The fraction of sp³-hybridized carbons (Fsp3) is 0.400. The molecule has 1 N–H and O–H groups in total. The second kappa shape index (κ2) is 5.44. The van der Waals surface area contributed by atoms with Crippen LogP contribution in [0.1, 0.15) is 0 Å². The van der Waals surface area contributed by atoms with Crippen molar-refractivity contribution in [1.29, 1.82) is 0 Å². The molecule has 0 saturated heterocycles. The summed E-state index contributed by atoms with van der Waals surface area (Å²) < 4.78 is 12.8. The number of aromatic nitrogens is 3. The highest BCUT2D eigenvalue weighted by Crippen LogP contribution is 2.33. The lowest BCUT2D eigenvalue weighted by Gasteiger charge is -2.06.